The predicted octanol–water partition coefficient (Wildman–Crippen LogP) is 2.52. The lowest BCUT2D eigenvalue weighted by molar-refractivity contribution is -0.384. The summed E-state index contributed by atoms with van der Waals surface area (Å²) >= 11 is 0. The molecule has 5 rings (SSSR count). The third kappa shape index (κ3) is 3.12. The number of hydrogen-bond acceptors (Lipinski definition) is 7. The van der Waals surface area contributed by atoms with Crippen molar-refractivity contribution >= 4 is 21.8 Å². The summed E-state index contributed by atoms with van der Waals surface area (Å²) in [6.45, 7) is 0. The van der Waals surface area contributed by atoms with Crippen LogP contribution in [-0.4, -0.2) is 32.5 Å². The molecule has 146 valence electrons. The molecule has 0 radical (unpaired) electrons. The van der Waals surface area contributed by atoms with Gasteiger partial charge in [-0.1, -0.05) is 0 Å². The lowest BCUT2D eigenvalue weighted by Gasteiger charge is -2.56. The Kier molecular flexibility index (Phi) is 4.46. The summed E-state index contributed by atoms with van der Waals surface area (Å²) in [7, 11) is -2.72. The van der Waals surface area contributed by atoms with Crippen molar-refractivity contribution in [3.8, 4) is 0 Å². The maximum atomic E-state index is 12.7. The van der Waals surface area contributed by atoms with E-state index < -0.39 is 21.1 Å². The van der Waals surface area contributed by atoms with E-state index in [1.807, 2.05) is 0 Å². The van der Waals surface area contributed by atoms with Gasteiger partial charge in [0.1, 0.15) is 0 Å². The minimum atomic E-state index is -4.08. The summed E-state index contributed by atoms with van der Waals surface area (Å²) in [5.41, 5.74) is -0.186. The Balaban J connectivity index is 1.59. The second kappa shape index (κ2) is 6.56. The summed E-state index contributed by atoms with van der Waals surface area (Å²) in [5, 5.41) is 10.8. The van der Waals surface area contributed by atoms with Gasteiger partial charge in [0, 0.05) is 18.1 Å². The summed E-state index contributed by atoms with van der Waals surface area (Å²) in [6, 6.07) is 4.65. The zero-order valence-corrected chi connectivity index (χ0v) is 15.6. The molecule has 6 atom stereocenters. The van der Waals surface area contributed by atoms with E-state index in [1.165, 1.54) is 19.2 Å². The number of methoxy groups -OCH3 is 1. The molecule has 1 aromatic carbocycles. The minimum Gasteiger partial charge on any atom is -0.469 e. The molecule has 4 fully saturated rings. The SMILES string of the molecule is COC(=O)[C@@H]1[C@@H]2C[C@@H]3C[C@@H](C2)[C@H](OS(=O)(=O)c2ccc([N+](=O)[O-])cc2)[C@@H]1C3. The van der Waals surface area contributed by atoms with E-state index in [4.69, 9.17) is 8.92 Å². The van der Waals surface area contributed by atoms with Crippen molar-refractivity contribution < 1.29 is 27.1 Å². The molecule has 0 aromatic heterocycles. The molecule has 27 heavy (non-hydrogen) atoms. The highest BCUT2D eigenvalue weighted by molar-refractivity contribution is 7.86. The molecule has 4 aliphatic carbocycles. The standard InChI is InChI=1S/C18H21NO7S/c1-25-18(20)16-11-6-10-7-12(9-11)17(15(16)8-10)26-27(23,24)14-4-2-13(3-5-14)19(21)22/h2-5,10-12,15-17H,6-9H2,1H3/t10-,11-,12+,15-,16-,17+/m1/s1. The lowest BCUT2D eigenvalue weighted by atomic mass is 9.50. The highest BCUT2D eigenvalue weighted by Crippen LogP contribution is 2.58. The third-order valence-corrected chi connectivity index (χ3v) is 7.71. The number of nitrogens with zero attached hydrogens (tertiary/aromatic N) is 1. The van der Waals surface area contributed by atoms with Crippen molar-refractivity contribution in [2.75, 3.05) is 7.11 Å². The molecule has 0 N–H and O–H groups in total. The molecule has 4 aliphatic rings. The topological polar surface area (TPSA) is 113 Å². The van der Waals surface area contributed by atoms with Gasteiger partial charge in [-0.05, 0) is 55.6 Å². The van der Waals surface area contributed by atoms with Crippen molar-refractivity contribution in [2.45, 2.75) is 36.7 Å². The van der Waals surface area contributed by atoms with Gasteiger partial charge in [0.15, 0.2) is 0 Å². The van der Waals surface area contributed by atoms with Crippen LogP contribution in [0.25, 0.3) is 0 Å². The number of nitro benzene ring substituents is 1. The lowest BCUT2D eigenvalue weighted by Crippen LogP contribution is -2.57. The number of carbonyl (C=O) groups excluding carboxylic acids is 1. The van der Waals surface area contributed by atoms with Gasteiger partial charge in [-0.3, -0.25) is 19.1 Å². The average molecular weight is 395 g/mol. The Morgan fingerprint density at radius 2 is 1.78 bits per heavy atom. The van der Waals surface area contributed by atoms with Crippen molar-refractivity contribution in [3.05, 3.63) is 34.4 Å². The zero-order valence-electron chi connectivity index (χ0n) is 14.8. The highest BCUT2D eigenvalue weighted by atomic mass is 32.2. The number of carbonyl (C=O) groups is 1. The molecular formula is C18H21NO7S. The van der Waals surface area contributed by atoms with Gasteiger partial charge < -0.3 is 4.74 Å². The Bertz CT molecular complexity index is 866. The average Bonchev–Trinajstić information content (AvgIpc) is 2.64. The van der Waals surface area contributed by atoms with E-state index in [1.54, 1.807) is 0 Å². The van der Waals surface area contributed by atoms with Crippen LogP contribution >= 0.6 is 0 Å². The number of nitro groups is 1. The molecule has 8 nitrogen and oxygen atoms in total. The van der Waals surface area contributed by atoms with E-state index >= 15 is 0 Å². The Labute approximate surface area is 157 Å². The molecule has 0 spiro atoms. The summed E-state index contributed by atoms with van der Waals surface area (Å²) in [5.74, 6) is 0.0937. The maximum Gasteiger partial charge on any atom is 0.309 e. The van der Waals surface area contributed by atoms with Crippen LogP contribution in [-0.2, 0) is 23.8 Å². The Morgan fingerprint density at radius 1 is 1.11 bits per heavy atom. The third-order valence-electron chi connectivity index (χ3n) is 6.39. The van der Waals surface area contributed by atoms with E-state index in [0.717, 1.165) is 37.8 Å². The second-order valence-corrected chi connectivity index (χ2v) is 9.38. The monoisotopic (exact) mass is 395 g/mol. The molecule has 0 unspecified atom stereocenters. The van der Waals surface area contributed by atoms with Crippen LogP contribution in [0, 0.1) is 39.7 Å². The predicted molar refractivity (Wildman–Crippen MR) is 93.1 cm³/mol. The molecule has 1 aromatic rings. The van der Waals surface area contributed by atoms with E-state index in [9.17, 15) is 23.3 Å². The first kappa shape index (κ1) is 18.4. The molecule has 4 bridgehead atoms. The van der Waals surface area contributed by atoms with E-state index in [-0.39, 0.29) is 40.2 Å². The van der Waals surface area contributed by atoms with Crippen molar-refractivity contribution in [2.24, 2.45) is 29.6 Å². The van der Waals surface area contributed by atoms with Crippen molar-refractivity contribution in [1.29, 1.82) is 0 Å². The zero-order chi connectivity index (χ0) is 19.3. The fraction of sp³-hybridized carbons (Fsp3) is 0.611. The smallest absolute Gasteiger partial charge is 0.309 e. The van der Waals surface area contributed by atoms with Crippen LogP contribution < -0.4 is 0 Å². The summed E-state index contributed by atoms with van der Waals surface area (Å²) in [4.78, 5) is 22.3. The van der Waals surface area contributed by atoms with E-state index in [2.05, 4.69) is 0 Å². The second-order valence-electron chi connectivity index (χ2n) is 7.81. The molecule has 0 amide bonds. The van der Waals surface area contributed by atoms with Gasteiger partial charge in [-0.2, -0.15) is 8.42 Å². The fourth-order valence-corrected chi connectivity index (χ4v) is 6.62. The van der Waals surface area contributed by atoms with Gasteiger partial charge >= 0.3 is 5.97 Å². The number of non-ortho nitro benzene ring substituents is 1. The van der Waals surface area contributed by atoms with Gasteiger partial charge in [0.05, 0.1) is 29.0 Å². The largest absolute Gasteiger partial charge is 0.469 e. The van der Waals surface area contributed by atoms with Gasteiger partial charge in [-0.15, -0.1) is 0 Å². The number of ether oxygens (including phenoxy) is 1. The van der Waals surface area contributed by atoms with Crippen molar-refractivity contribution in [1.82, 2.24) is 0 Å². The van der Waals surface area contributed by atoms with Crippen LogP contribution in [0.2, 0.25) is 0 Å². The summed E-state index contributed by atoms with van der Waals surface area (Å²) < 4.78 is 36.1. The Hall–Kier alpha value is -2.00. The van der Waals surface area contributed by atoms with Crippen LogP contribution in [0.4, 0.5) is 5.69 Å². The molecule has 0 aliphatic heterocycles. The van der Waals surface area contributed by atoms with Crippen LogP contribution in [0.1, 0.15) is 25.7 Å². The number of benzene rings is 1. The quantitative estimate of drug-likeness (QED) is 0.326. The van der Waals surface area contributed by atoms with Crippen LogP contribution in [0.5, 0.6) is 0 Å². The number of hydrogen-bond donors (Lipinski definition) is 0. The number of rotatable bonds is 5. The number of esters is 1. The first-order chi connectivity index (χ1) is 12.8. The molecule has 0 saturated heterocycles. The highest BCUT2D eigenvalue weighted by Gasteiger charge is 2.57. The molecular weight excluding hydrogens is 374 g/mol. The first-order valence-electron chi connectivity index (χ1n) is 9.05. The van der Waals surface area contributed by atoms with Gasteiger partial charge in [0.2, 0.25) is 0 Å². The first-order valence-corrected chi connectivity index (χ1v) is 10.5. The summed E-state index contributed by atoms with van der Waals surface area (Å²) in [6.07, 6.45) is 2.90. The van der Waals surface area contributed by atoms with Crippen molar-refractivity contribution in [3.63, 3.8) is 0 Å². The van der Waals surface area contributed by atoms with E-state index in [0.29, 0.717) is 5.92 Å². The molecule has 9 heteroatoms. The van der Waals surface area contributed by atoms with Crippen LogP contribution in [0.15, 0.2) is 29.2 Å². The normalized spacial score (nSPS) is 34.4. The van der Waals surface area contributed by atoms with Gasteiger partial charge in [-0.25, -0.2) is 0 Å². The minimum absolute atomic E-state index is 0.112. The van der Waals surface area contributed by atoms with Crippen LogP contribution in [0.3, 0.4) is 0 Å². The maximum absolute atomic E-state index is 12.7. The van der Waals surface area contributed by atoms with Gasteiger partial charge in [0.25, 0.3) is 15.8 Å². The Morgan fingerprint density at radius 3 is 2.41 bits per heavy atom. The fourth-order valence-electron chi connectivity index (χ4n) is 5.45. The molecule has 4 saturated carbocycles. The molecule has 0 heterocycles.